The van der Waals surface area contributed by atoms with Crippen molar-refractivity contribution in [2.75, 3.05) is 0 Å². The molecule has 4 heteroatoms. The van der Waals surface area contributed by atoms with Crippen LogP contribution < -0.4 is 5.32 Å². The van der Waals surface area contributed by atoms with Gasteiger partial charge in [-0.25, -0.2) is 0 Å². The Balaban J connectivity index is 2.05. The Labute approximate surface area is 127 Å². The summed E-state index contributed by atoms with van der Waals surface area (Å²) in [6, 6.07) is 7.56. The molecule has 1 aliphatic carbocycles. The number of nitrogens with one attached hydrogen (secondary N) is 1. The summed E-state index contributed by atoms with van der Waals surface area (Å²) in [4.78, 5) is 10.5. The van der Waals surface area contributed by atoms with E-state index >= 15 is 0 Å². The molecule has 4 nitrogen and oxygen atoms in total. The van der Waals surface area contributed by atoms with Crippen LogP contribution in [0.5, 0.6) is 0 Å². The van der Waals surface area contributed by atoms with Gasteiger partial charge in [0.15, 0.2) is 0 Å². The Kier molecular flexibility index (Phi) is 4.67. The average Bonchev–Trinajstić information content (AvgIpc) is 2.36. The van der Waals surface area contributed by atoms with Crippen LogP contribution in [0.3, 0.4) is 0 Å². The lowest BCUT2D eigenvalue weighted by Gasteiger charge is -2.40. The molecule has 3 atom stereocenters. The molecule has 0 spiro atoms. The van der Waals surface area contributed by atoms with E-state index in [1.54, 1.807) is 18.2 Å². The predicted molar refractivity (Wildman–Crippen MR) is 85.2 cm³/mol. The van der Waals surface area contributed by atoms with Crippen molar-refractivity contribution in [1.29, 1.82) is 0 Å². The quantitative estimate of drug-likeness (QED) is 0.658. The van der Waals surface area contributed by atoms with Crippen LogP contribution in [0, 0.1) is 21.4 Å². The van der Waals surface area contributed by atoms with Gasteiger partial charge in [-0.05, 0) is 43.1 Å². The summed E-state index contributed by atoms with van der Waals surface area (Å²) in [5.41, 5.74) is 1.52. The van der Waals surface area contributed by atoms with Crippen molar-refractivity contribution < 1.29 is 4.92 Å². The first-order valence-electron chi connectivity index (χ1n) is 7.77. The third kappa shape index (κ3) is 4.27. The van der Waals surface area contributed by atoms with Crippen LogP contribution in [0.4, 0.5) is 5.69 Å². The highest BCUT2D eigenvalue weighted by atomic mass is 16.6. The zero-order valence-electron chi connectivity index (χ0n) is 13.4. The summed E-state index contributed by atoms with van der Waals surface area (Å²) in [7, 11) is 0. The SMILES string of the molecule is CC1CC(NC(C)c2cccc([N+](=O)[O-])c2)CC(C)(C)C1. The van der Waals surface area contributed by atoms with Crippen molar-refractivity contribution in [2.45, 2.75) is 59.0 Å². The Morgan fingerprint density at radius 2 is 2.10 bits per heavy atom. The number of nitrogens with zero attached hydrogens (tertiary/aromatic N) is 1. The number of hydrogen-bond donors (Lipinski definition) is 1. The average molecular weight is 290 g/mol. The molecule has 21 heavy (non-hydrogen) atoms. The van der Waals surface area contributed by atoms with Crippen molar-refractivity contribution in [3.63, 3.8) is 0 Å². The maximum absolute atomic E-state index is 10.9. The van der Waals surface area contributed by atoms with E-state index in [1.807, 2.05) is 6.07 Å². The Morgan fingerprint density at radius 1 is 1.38 bits per heavy atom. The third-order valence-corrected chi connectivity index (χ3v) is 4.45. The normalized spacial score (nSPS) is 26.3. The molecular formula is C17H26N2O2. The predicted octanol–water partition coefficient (Wildman–Crippen LogP) is 4.46. The summed E-state index contributed by atoms with van der Waals surface area (Å²) in [6.07, 6.45) is 3.62. The fourth-order valence-electron chi connectivity index (χ4n) is 3.83. The smallest absolute Gasteiger partial charge is 0.269 e. The van der Waals surface area contributed by atoms with Gasteiger partial charge in [-0.2, -0.15) is 0 Å². The molecule has 0 aliphatic heterocycles. The molecule has 3 unspecified atom stereocenters. The van der Waals surface area contributed by atoms with Crippen LogP contribution in [-0.4, -0.2) is 11.0 Å². The van der Waals surface area contributed by atoms with E-state index in [-0.39, 0.29) is 16.7 Å². The highest BCUT2D eigenvalue weighted by Crippen LogP contribution is 2.39. The van der Waals surface area contributed by atoms with Crippen LogP contribution in [0.25, 0.3) is 0 Å². The Morgan fingerprint density at radius 3 is 2.71 bits per heavy atom. The lowest BCUT2D eigenvalue weighted by Crippen LogP contribution is -2.41. The monoisotopic (exact) mass is 290 g/mol. The topological polar surface area (TPSA) is 55.2 Å². The third-order valence-electron chi connectivity index (χ3n) is 4.45. The number of nitro groups is 1. The minimum atomic E-state index is -0.331. The van der Waals surface area contributed by atoms with Crippen LogP contribution in [-0.2, 0) is 0 Å². The van der Waals surface area contributed by atoms with Crippen LogP contribution in [0.2, 0.25) is 0 Å². The molecule has 1 saturated carbocycles. The fourth-order valence-corrected chi connectivity index (χ4v) is 3.83. The second kappa shape index (κ2) is 6.14. The first kappa shape index (κ1) is 16.0. The summed E-state index contributed by atoms with van der Waals surface area (Å²) in [5, 5.41) is 14.5. The molecule has 1 aromatic rings. The minimum Gasteiger partial charge on any atom is -0.307 e. The molecule has 0 radical (unpaired) electrons. The summed E-state index contributed by atoms with van der Waals surface area (Å²) in [6.45, 7) is 9.06. The van der Waals surface area contributed by atoms with E-state index in [2.05, 4.69) is 33.0 Å². The van der Waals surface area contributed by atoms with Crippen molar-refractivity contribution in [3.8, 4) is 0 Å². The number of hydrogen-bond acceptors (Lipinski definition) is 3. The van der Waals surface area contributed by atoms with Crippen LogP contribution in [0.1, 0.15) is 58.6 Å². The van der Waals surface area contributed by atoms with Gasteiger partial charge in [0.25, 0.3) is 5.69 Å². The summed E-state index contributed by atoms with van der Waals surface area (Å²) in [5.74, 6) is 0.726. The number of nitro benzene ring substituents is 1. The molecule has 0 amide bonds. The molecule has 0 bridgehead atoms. The first-order chi connectivity index (χ1) is 9.77. The van der Waals surface area contributed by atoms with Gasteiger partial charge in [-0.3, -0.25) is 10.1 Å². The highest BCUT2D eigenvalue weighted by Gasteiger charge is 2.32. The van der Waals surface area contributed by atoms with E-state index in [4.69, 9.17) is 0 Å². The van der Waals surface area contributed by atoms with Crippen LogP contribution in [0.15, 0.2) is 24.3 Å². The van der Waals surface area contributed by atoms with Gasteiger partial charge in [-0.15, -0.1) is 0 Å². The number of non-ortho nitro benzene ring substituents is 1. The minimum absolute atomic E-state index is 0.135. The highest BCUT2D eigenvalue weighted by molar-refractivity contribution is 5.35. The maximum Gasteiger partial charge on any atom is 0.269 e. The second-order valence-corrected chi connectivity index (χ2v) is 7.35. The van der Waals surface area contributed by atoms with Gasteiger partial charge < -0.3 is 5.32 Å². The van der Waals surface area contributed by atoms with E-state index in [0.29, 0.717) is 11.5 Å². The molecular weight excluding hydrogens is 264 g/mol. The van der Waals surface area contributed by atoms with Gasteiger partial charge in [0.1, 0.15) is 0 Å². The Hall–Kier alpha value is -1.42. The lowest BCUT2D eigenvalue weighted by molar-refractivity contribution is -0.384. The zero-order chi connectivity index (χ0) is 15.6. The van der Waals surface area contributed by atoms with E-state index in [1.165, 1.54) is 12.8 Å². The maximum atomic E-state index is 10.9. The van der Waals surface area contributed by atoms with Crippen molar-refractivity contribution in [2.24, 2.45) is 11.3 Å². The number of rotatable bonds is 4. The molecule has 116 valence electrons. The van der Waals surface area contributed by atoms with Crippen molar-refractivity contribution >= 4 is 5.69 Å². The van der Waals surface area contributed by atoms with Gasteiger partial charge in [0, 0.05) is 24.2 Å². The van der Waals surface area contributed by atoms with E-state index in [0.717, 1.165) is 17.9 Å². The molecule has 1 aliphatic rings. The van der Waals surface area contributed by atoms with Crippen molar-refractivity contribution in [3.05, 3.63) is 39.9 Å². The lowest BCUT2D eigenvalue weighted by atomic mass is 9.70. The molecule has 1 aromatic carbocycles. The summed E-state index contributed by atoms with van der Waals surface area (Å²) >= 11 is 0. The Bertz CT molecular complexity index is 513. The van der Waals surface area contributed by atoms with E-state index in [9.17, 15) is 10.1 Å². The largest absolute Gasteiger partial charge is 0.307 e. The fraction of sp³-hybridized carbons (Fsp3) is 0.647. The zero-order valence-corrected chi connectivity index (χ0v) is 13.4. The van der Waals surface area contributed by atoms with Crippen LogP contribution >= 0.6 is 0 Å². The van der Waals surface area contributed by atoms with Gasteiger partial charge >= 0.3 is 0 Å². The molecule has 1 N–H and O–H groups in total. The van der Waals surface area contributed by atoms with E-state index < -0.39 is 0 Å². The first-order valence-corrected chi connectivity index (χ1v) is 7.77. The standard InChI is InChI=1S/C17H26N2O2/c1-12-8-15(11-17(3,4)10-12)18-13(2)14-6-5-7-16(9-14)19(20)21/h5-7,9,12-13,15,18H,8,10-11H2,1-4H3. The van der Waals surface area contributed by atoms with Crippen molar-refractivity contribution in [1.82, 2.24) is 5.32 Å². The second-order valence-electron chi connectivity index (χ2n) is 7.35. The number of benzene rings is 1. The van der Waals surface area contributed by atoms with Gasteiger partial charge in [0.05, 0.1) is 4.92 Å². The molecule has 0 aromatic heterocycles. The molecule has 1 fully saturated rings. The molecule has 0 heterocycles. The molecule has 0 saturated heterocycles. The summed E-state index contributed by atoms with van der Waals surface area (Å²) < 4.78 is 0. The van der Waals surface area contributed by atoms with Gasteiger partial charge in [0.2, 0.25) is 0 Å². The molecule has 2 rings (SSSR count). The van der Waals surface area contributed by atoms with Gasteiger partial charge in [-0.1, -0.05) is 32.9 Å².